The molecule has 7 heteroatoms. The molecule has 0 bridgehead atoms. The van der Waals surface area contributed by atoms with Gasteiger partial charge >= 0.3 is 0 Å². The highest BCUT2D eigenvalue weighted by Gasteiger charge is 2.34. The number of amides is 1. The van der Waals surface area contributed by atoms with Crippen LogP contribution >= 0.6 is 0 Å². The number of rotatable bonds is 2. The minimum Gasteiger partial charge on any atom is -0.364 e. The lowest BCUT2D eigenvalue weighted by atomic mass is 10.2. The van der Waals surface area contributed by atoms with E-state index in [9.17, 15) is 13.2 Å². The minimum absolute atomic E-state index is 0.0173. The highest BCUT2D eigenvalue weighted by molar-refractivity contribution is 7.90. The summed E-state index contributed by atoms with van der Waals surface area (Å²) in [5, 5.41) is 0. The van der Waals surface area contributed by atoms with Gasteiger partial charge in [-0.1, -0.05) is 12.1 Å². The monoisotopic (exact) mass is 292 g/mol. The molecule has 0 atom stereocenters. The molecule has 1 aromatic carbocycles. The average Bonchev–Trinajstić information content (AvgIpc) is 2.92. The van der Waals surface area contributed by atoms with Crippen molar-refractivity contribution in [3.8, 4) is 0 Å². The largest absolute Gasteiger partial charge is 0.364 e. The summed E-state index contributed by atoms with van der Waals surface area (Å²) in [6.07, 6.45) is 1.37. The van der Waals surface area contributed by atoms with Crippen LogP contribution in [0, 0.1) is 0 Å². The molecule has 20 heavy (non-hydrogen) atoms. The van der Waals surface area contributed by atoms with Crippen LogP contribution in [0.3, 0.4) is 0 Å². The Morgan fingerprint density at radius 1 is 1.15 bits per heavy atom. The van der Waals surface area contributed by atoms with Crippen molar-refractivity contribution in [2.45, 2.75) is 4.90 Å². The third-order valence-electron chi connectivity index (χ3n) is 3.13. The smallest absolute Gasteiger partial charge is 0.277 e. The summed E-state index contributed by atoms with van der Waals surface area (Å²) < 4.78 is 31.3. The van der Waals surface area contributed by atoms with Gasteiger partial charge in [-0.25, -0.2) is 12.4 Å². The summed E-state index contributed by atoms with van der Waals surface area (Å²) in [6, 6.07) is 9.40. The Kier molecular flexibility index (Phi) is 2.88. The molecule has 104 valence electrons. The number of aromatic nitrogens is 1. The molecule has 1 aromatic heterocycles. The van der Waals surface area contributed by atoms with E-state index in [0.29, 0.717) is 5.69 Å². The molecule has 0 saturated carbocycles. The van der Waals surface area contributed by atoms with Crippen molar-refractivity contribution >= 4 is 21.6 Å². The molecule has 0 saturated heterocycles. The maximum atomic E-state index is 12.6. The first kappa shape index (κ1) is 12.9. The van der Waals surface area contributed by atoms with Crippen LogP contribution in [0.2, 0.25) is 0 Å². The number of para-hydroxylation sites is 1. The van der Waals surface area contributed by atoms with Crippen LogP contribution in [0.15, 0.2) is 47.5 Å². The Morgan fingerprint density at radius 3 is 2.65 bits per heavy atom. The molecule has 3 rings (SSSR count). The van der Waals surface area contributed by atoms with E-state index in [1.807, 2.05) is 0 Å². The predicted molar refractivity (Wildman–Crippen MR) is 72.1 cm³/mol. The van der Waals surface area contributed by atoms with Gasteiger partial charge in [-0.05, 0) is 24.3 Å². The lowest BCUT2D eigenvalue weighted by Gasteiger charge is -2.20. The van der Waals surface area contributed by atoms with Gasteiger partial charge in [-0.2, -0.15) is 0 Å². The standard InChI is InChI=1S/C13H12N2O4S/c1-19-9-14-10-5-2-3-7-12(10)20(17,18)15-8-4-6-11(15)13(14)16/h2-8H,9H2,1H3. The van der Waals surface area contributed by atoms with Gasteiger partial charge in [0.05, 0.1) is 5.69 Å². The van der Waals surface area contributed by atoms with Crippen LogP contribution in [0.4, 0.5) is 5.69 Å². The fraction of sp³-hybridized carbons (Fsp3) is 0.154. The van der Waals surface area contributed by atoms with E-state index in [1.165, 1.54) is 36.4 Å². The third-order valence-corrected chi connectivity index (χ3v) is 4.87. The normalized spacial score (nSPS) is 16.4. The SMILES string of the molecule is COCN1C(=O)c2cccn2S(=O)(=O)c2ccccc21. The predicted octanol–water partition coefficient (Wildman–Crippen LogP) is 1.29. The zero-order valence-corrected chi connectivity index (χ0v) is 11.5. The molecule has 6 nitrogen and oxygen atoms in total. The first-order valence-electron chi connectivity index (χ1n) is 5.90. The zero-order valence-electron chi connectivity index (χ0n) is 10.7. The maximum Gasteiger partial charge on any atom is 0.277 e. The summed E-state index contributed by atoms with van der Waals surface area (Å²) in [7, 11) is -2.33. The molecule has 0 N–H and O–H groups in total. The Labute approximate surface area is 116 Å². The van der Waals surface area contributed by atoms with Crippen molar-refractivity contribution in [3.63, 3.8) is 0 Å². The summed E-state index contributed by atoms with van der Waals surface area (Å²) in [5.74, 6) is -0.412. The number of benzene rings is 1. The Morgan fingerprint density at radius 2 is 1.90 bits per heavy atom. The lowest BCUT2D eigenvalue weighted by Crippen LogP contribution is -2.32. The lowest BCUT2D eigenvalue weighted by molar-refractivity contribution is 0.0931. The van der Waals surface area contributed by atoms with E-state index in [0.717, 1.165) is 3.97 Å². The topological polar surface area (TPSA) is 68.6 Å². The Bertz CT molecular complexity index is 779. The second-order valence-electron chi connectivity index (χ2n) is 4.31. The minimum atomic E-state index is -3.78. The van der Waals surface area contributed by atoms with E-state index in [2.05, 4.69) is 0 Å². The molecule has 1 amide bonds. The molecule has 0 spiro atoms. The van der Waals surface area contributed by atoms with Crippen molar-refractivity contribution in [2.24, 2.45) is 0 Å². The number of hydrogen-bond acceptors (Lipinski definition) is 4. The van der Waals surface area contributed by atoms with Gasteiger partial charge in [-0.15, -0.1) is 0 Å². The van der Waals surface area contributed by atoms with Crippen molar-refractivity contribution in [1.82, 2.24) is 3.97 Å². The molecule has 1 aliphatic rings. The van der Waals surface area contributed by atoms with Crippen LogP contribution in [0.25, 0.3) is 0 Å². The summed E-state index contributed by atoms with van der Waals surface area (Å²) in [4.78, 5) is 13.9. The van der Waals surface area contributed by atoms with Gasteiger partial charge < -0.3 is 4.74 Å². The molecule has 2 aromatic rings. The number of fused-ring (bicyclic) bond motifs is 2. The van der Waals surface area contributed by atoms with Gasteiger partial charge in [0.1, 0.15) is 17.3 Å². The molecule has 1 aliphatic heterocycles. The van der Waals surface area contributed by atoms with Gasteiger partial charge in [0.25, 0.3) is 15.9 Å². The van der Waals surface area contributed by atoms with Crippen LogP contribution in [0.1, 0.15) is 10.5 Å². The second-order valence-corrected chi connectivity index (χ2v) is 6.10. The van der Waals surface area contributed by atoms with Gasteiger partial charge in [-0.3, -0.25) is 9.69 Å². The van der Waals surface area contributed by atoms with E-state index in [-0.39, 0.29) is 17.3 Å². The number of nitrogens with zero attached hydrogens (tertiary/aromatic N) is 2. The number of methoxy groups -OCH3 is 1. The highest BCUT2D eigenvalue weighted by atomic mass is 32.2. The van der Waals surface area contributed by atoms with E-state index in [1.54, 1.807) is 18.2 Å². The molecular weight excluding hydrogens is 280 g/mol. The number of anilines is 1. The molecular formula is C13H12N2O4S. The van der Waals surface area contributed by atoms with Crippen LogP contribution in [0.5, 0.6) is 0 Å². The summed E-state index contributed by atoms with van der Waals surface area (Å²) in [5.41, 5.74) is 0.418. The number of hydrogen-bond donors (Lipinski definition) is 0. The van der Waals surface area contributed by atoms with Crippen molar-refractivity contribution in [3.05, 3.63) is 48.3 Å². The fourth-order valence-corrected chi connectivity index (χ4v) is 3.78. The van der Waals surface area contributed by atoms with Crippen molar-refractivity contribution in [2.75, 3.05) is 18.7 Å². The van der Waals surface area contributed by atoms with Crippen molar-refractivity contribution < 1.29 is 17.9 Å². The number of ether oxygens (including phenoxy) is 1. The molecule has 2 heterocycles. The number of carbonyl (C=O) groups is 1. The molecule has 0 aliphatic carbocycles. The maximum absolute atomic E-state index is 12.6. The Balaban J connectivity index is 2.37. The first-order chi connectivity index (χ1) is 9.57. The zero-order chi connectivity index (χ0) is 14.3. The van der Waals surface area contributed by atoms with E-state index in [4.69, 9.17) is 4.74 Å². The van der Waals surface area contributed by atoms with E-state index >= 15 is 0 Å². The van der Waals surface area contributed by atoms with Crippen LogP contribution in [-0.2, 0) is 14.8 Å². The average molecular weight is 292 g/mol. The van der Waals surface area contributed by atoms with Gasteiger partial charge in [0.2, 0.25) is 0 Å². The summed E-state index contributed by atoms with van der Waals surface area (Å²) >= 11 is 0. The van der Waals surface area contributed by atoms with Gasteiger partial charge in [0.15, 0.2) is 0 Å². The molecule has 0 radical (unpaired) electrons. The molecule has 0 fully saturated rings. The Hall–Kier alpha value is -2.12. The molecule has 0 unspecified atom stereocenters. The van der Waals surface area contributed by atoms with Crippen molar-refractivity contribution in [1.29, 1.82) is 0 Å². The quantitative estimate of drug-likeness (QED) is 0.836. The number of carbonyl (C=O) groups excluding carboxylic acids is 1. The van der Waals surface area contributed by atoms with Crippen LogP contribution in [-0.4, -0.2) is 32.1 Å². The summed E-state index contributed by atoms with van der Waals surface area (Å²) in [6.45, 7) is -0.0173. The fourth-order valence-electron chi connectivity index (χ4n) is 2.25. The van der Waals surface area contributed by atoms with E-state index < -0.39 is 15.9 Å². The third kappa shape index (κ3) is 1.67. The second kappa shape index (κ2) is 4.46. The first-order valence-corrected chi connectivity index (χ1v) is 7.34. The van der Waals surface area contributed by atoms with Crippen LogP contribution < -0.4 is 4.90 Å². The van der Waals surface area contributed by atoms with Gasteiger partial charge in [0, 0.05) is 13.3 Å². The highest BCUT2D eigenvalue weighted by Crippen LogP contribution is 2.32.